The first-order valence-electron chi connectivity index (χ1n) is 5.52. The predicted octanol–water partition coefficient (Wildman–Crippen LogP) is 2.48. The molecule has 1 rings (SSSR count). The van der Waals surface area contributed by atoms with Gasteiger partial charge in [-0.3, -0.25) is 0 Å². The molecule has 0 aromatic heterocycles. The molecule has 0 bridgehead atoms. The van der Waals surface area contributed by atoms with E-state index in [2.05, 4.69) is 0 Å². The number of carbonyl (C=O) groups is 1. The number of alkyl halides is 2. The van der Waals surface area contributed by atoms with Gasteiger partial charge < -0.3 is 15.2 Å². The van der Waals surface area contributed by atoms with E-state index in [1.165, 1.54) is 18.2 Å². The van der Waals surface area contributed by atoms with Crippen LogP contribution in [0.3, 0.4) is 0 Å². The van der Waals surface area contributed by atoms with Gasteiger partial charge in [-0.15, -0.1) is 0 Å². The molecule has 0 aliphatic carbocycles. The summed E-state index contributed by atoms with van der Waals surface area (Å²) in [6.45, 7) is 1.37. The van der Waals surface area contributed by atoms with Crippen LogP contribution in [0.2, 0.25) is 0 Å². The number of halogens is 2. The lowest BCUT2D eigenvalue weighted by molar-refractivity contribution is 0.0505. The van der Waals surface area contributed by atoms with Gasteiger partial charge in [-0.25, -0.2) is 13.6 Å². The molecule has 0 aliphatic heterocycles. The molecule has 0 unspecified atom stereocenters. The molecule has 0 radical (unpaired) electrons. The third-order valence-electron chi connectivity index (χ3n) is 2.09. The molecule has 18 heavy (non-hydrogen) atoms. The van der Waals surface area contributed by atoms with Gasteiger partial charge in [0.15, 0.2) is 0 Å². The van der Waals surface area contributed by atoms with Crippen LogP contribution in [-0.2, 0) is 4.74 Å². The Bertz CT molecular complexity index is 410. The summed E-state index contributed by atoms with van der Waals surface area (Å²) >= 11 is 0. The summed E-state index contributed by atoms with van der Waals surface area (Å²) in [7, 11) is 0. The van der Waals surface area contributed by atoms with E-state index in [1.54, 1.807) is 0 Å². The number of esters is 1. The maximum atomic E-state index is 12.0. The van der Waals surface area contributed by atoms with E-state index in [9.17, 15) is 13.6 Å². The van der Waals surface area contributed by atoms with Gasteiger partial charge in [0.25, 0.3) is 6.43 Å². The topological polar surface area (TPSA) is 61.5 Å². The molecule has 100 valence electrons. The van der Waals surface area contributed by atoms with E-state index >= 15 is 0 Å². The average molecular weight is 259 g/mol. The first kappa shape index (κ1) is 14.2. The fourth-order valence-electron chi connectivity index (χ4n) is 1.27. The molecule has 1 aromatic rings. The van der Waals surface area contributed by atoms with Crippen LogP contribution in [0.25, 0.3) is 0 Å². The zero-order chi connectivity index (χ0) is 13.5. The summed E-state index contributed by atoms with van der Waals surface area (Å²) in [6.07, 6.45) is -1.91. The minimum atomic E-state index is -2.60. The van der Waals surface area contributed by atoms with Gasteiger partial charge in [-0.05, 0) is 18.6 Å². The highest BCUT2D eigenvalue weighted by Gasteiger charge is 2.15. The molecule has 0 spiro atoms. The smallest absolute Gasteiger partial charge is 0.340 e. The maximum absolute atomic E-state index is 12.0. The largest absolute Gasteiger partial charge is 0.485 e. The molecule has 0 aliphatic rings. The van der Waals surface area contributed by atoms with Crippen LogP contribution >= 0.6 is 0 Å². The lowest BCUT2D eigenvalue weighted by Gasteiger charge is -2.11. The molecule has 0 saturated carbocycles. The Hall–Kier alpha value is -1.85. The summed E-state index contributed by atoms with van der Waals surface area (Å²) in [6, 6.07) is 4.39. The summed E-state index contributed by atoms with van der Waals surface area (Å²) in [5.41, 5.74) is 5.81. The first-order chi connectivity index (χ1) is 8.56. The normalized spacial score (nSPS) is 10.4. The Balaban J connectivity index is 2.80. The number of hydrogen-bond acceptors (Lipinski definition) is 4. The third kappa shape index (κ3) is 3.87. The Morgan fingerprint density at radius 2 is 2.17 bits per heavy atom. The fraction of sp³-hybridized carbons (Fsp3) is 0.417. The molecule has 6 heteroatoms. The Morgan fingerprint density at radius 3 is 2.78 bits per heavy atom. The van der Waals surface area contributed by atoms with E-state index in [-0.39, 0.29) is 23.6 Å². The predicted molar refractivity (Wildman–Crippen MR) is 62.9 cm³/mol. The minimum absolute atomic E-state index is 0.0132. The molecular formula is C12H15F2NO3. The Labute approximate surface area is 104 Å². The highest BCUT2D eigenvalue weighted by molar-refractivity contribution is 5.96. The number of benzene rings is 1. The SMILES string of the molecule is CCCOC(=O)c1cccc(OCC(F)F)c1N. The highest BCUT2D eigenvalue weighted by atomic mass is 19.3. The number of rotatable bonds is 6. The van der Waals surface area contributed by atoms with Crippen LogP contribution < -0.4 is 10.5 Å². The lowest BCUT2D eigenvalue weighted by atomic mass is 10.1. The van der Waals surface area contributed by atoms with E-state index in [0.717, 1.165) is 0 Å². The van der Waals surface area contributed by atoms with Gasteiger partial charge in [0.05, 0.1) is 17.9 Å². The molecule has 0 amide bonds. The van der Waals surface area contributed by atoms with Crippen molar-refractivity contribution in [3.8, 4) is 5.75 Å². The standard InChI is InChI=1S/C12H15F2NO3/c1-2-6-17-12(16)8-4-3-5-9(11(8)15)18-7-10(13)14/h3-5,10H,2,6-7,15H2,1H3. The van der Waals surface area contributed by atoms with Crippen LogP contribution in [0.1, 0.15) is 23.7 Å². The van der Waals surface area contributed by atoms with E-state index < -0.39 is 19.0 Å². The van der Waals surface area contributed by atoms with Crippen molar-refractivity contribution in [2.75, 3.05) is 18.9 Å². The third-order valence-corrected chi connectivity index (χ3v) is 2.09. The number of ether oxygens (including phenoxy) is 2. The summed E-state index contributed by atoms with van der Waals surface area (Å²) in [4.78, 5) is 11.6. The number of carbonyl (C=O) groups excluding carboxylic acids is 1. The highest BCUT2D eigenvalue weighted by Crippen LogP contribution is 2.26. The molecule has 1 aromatic carbocycles. The van der Waals surface area contributed by atoms with Crippen LogP contribution in [-0.4, -0.2) is 25.6 Å². The zero-order valence-electron chi connectivity index (χ0n) is 9.99. The quantitative estimate of drug-likeness (QED) is 0.629. The molecule has 0 heterocycles. The first-order valence-corrected chi connectivity index (χ1v) is 5.52. The Morgan fingerprint density at radius 1 is 1.44 bits per heavy atom. The second-order valence-electron chi connectivity index (χ2n) is 3.56. The van der Waals surface area contributed by atoms with Gasteiger partial charge in [0.2, 0.25) is 0 Å². The van der Waals surface area contributed by atoms with E-state index in [1.807, 2.05) is 6.92 Å². The monoisotopic (exact) mass is 259 g/mol. The van der Waals surface area contributed by atoms with Gasteiger partial charge in [-0.2, -0.15) is 0 Å². The molecule has 0 atom stereocenters. The van der Waals surface area contributed by atoms with Crippen LogP contribution in [0.5, 0.6) is 5.75 Å². The molecular weight excluding hydrogens is 244 g/mol. The molecule has 0 saturated heterocycles. The van der Waals surface area contributed by atoms with Crippen molar-refractivity contribution in [1.82, 2.24) is 0 Å². The lowest BCUT2D eigenvalue weighted by Crippen LogP contribution is -2.12. The summed E-state index contributed by atoms with van der Waals surface area (Å²) < 4.78 is 33.8. The molecule has 4 nitrogen and oxygen atoms in total. The Kier molecular flexibility index (Phi) is 5.35. The fourth-order valence-corrected chi connectivity index (χ4v) is 1.27. The second kappa shape index (κ2) is 6.78. The van der Waals surface area contributed by atoms with Crippen molar-refractivity contribution in [3.05, 3.63) is 23.8 Å². The van der Waals surface area contributed by atoms with E-state index in [0.29, 0.717) is 6.42 Å². The van der Waals surface area contributed by atoms with Crippen molar-refractivity contribution in [2.45, 2.75) is 19.8 Å². The van der Waals surface area contributed by atoms with Gasteiger partial charge in [0, 0.05) is 0 Å². The molecule has 0 fully saturated rings. The van der Waals surface area contributed by atoms with Crippen LogP contribution in [0.15, 0.2) is 18.2 Å². The van der Waals surface area contributed by atoms with Crippen molar-refractivity contribution in [1.29, 1.82) is 0 Å². The van der Waals surface area contributed by atoms with Crippen molar-refractivity contribution in [3.63, 3.8) is 0 Å². The number of nitrogens with two attached hydrogens (primary N) is 1. The number of hydrogen-bond donors (Lipinski definition) is 1. The minimum Gasteiger partial charge on any atom is -0.485 e. The van der Waals surface area contributed by atoms with Crippen molar-refractivity contribution < 1.29 is 23.0 Å². The summed E-state index contributed by atoms with van der Waals surface area (Å²) in [5.74, 6) is -0.530. The van der Waals surface area contributed by atoms with Crippen LogP contribution in [0.4, 0.5) is 14.5 Å². The van der Waals surface area contributed by atoms with Gasteiger partial charge in [0.1, 0.15) is 12.4 Å². The number of para-hydroxylation sites is 1. The van der Waals surface area contributed by atoms with E-state index in [4.69, 9.17) is 15.2 Å². The average Bonchev–Trinajstić information content (AvgIpc) is 2.34. The van der Waals surface area contributed by atoms with Gasteiger partial charge >= 0.3 is 5.97 Å². The number of anilines is 1. The zero-order valence-corrected chi connectivity index (χ0v) is 9.99. The second-order valence-corrected chi connectivity index (χ2v) is 3.56. The maximum Gasteiger partial charge on any atom is 0.340 e. The number of nitrogen functional groups attached to an aromatic ring is 1. The van der Waals surface area contributed by atoms with Crippen molar-refractivity contribution >= 4 is 11.7 Å². The van der Waals surface area contributed by atoms with Crippen LogP contribution in [0, 0.1) is 0 Å². The summed E-state index contributed by atoms with van der Waals surface area (Å²) in [5, 5.41) is 0. The van der Waals surface area contributed by atoms with Crippen molar-refractivity contribution in [2.24, 2.45) is 0 Å². The van der Waals surface area contributed by atoms with Gasteiger partial charge in [-0.1, -0.05) is 13.0 Å². The molecule has 2 N–H and O–H groups in total.